The number of carbonyl (C=O) groups excluding carboxylic acids is 1. The van der Waals surface area contributed by atoms with Crippen molar-refractivity contribution in [2.75, 3.05) is 13.2 Å². The second kappa shape index (κ2) is 3.98. The lowest BCUT2D eigenvalue weighted by Gasteiger charge is -2.27. The number of fused-ring (bicyclic) bond motifs is 1. The third-order valence-corrected chi connectivity index (χ3v) is 3.83. The van der Waals surface area contributed by atoms with Crippen LogP contribution in [0.15, 0.2) is 0 Å². The van der Waals surface area contributed by atoms with Gasteiger partial charge in [0.25, 0.3) is 0 Å². The SMILES string of the molecule is O=C(N[C@H]1CO[C@H]2[C@@H]1OC[C@H]2O)C1CCC1. The van der Waals surface area contributed by atoms with E-state index in [0.717, 1.165) is 19.3 Å². The van der Waals surface area contributed by atoms with Crippen molar-refractivity contribution in [3.63, 3.8) is 0 Å². The first-order chi connectivity index (χ1) is 7.75. The molecular weight excluding hydrogens is 210 g/mol. The number of aliphatic hydroxyl groups is 1. The molecule has 90 valence electrons. The first kappa shape index (κ1) is 10.5. The van der Waals surface area contributed by atoms with Crippen molar-refractivity contribution in [2.24, 2.45) is 5.92 Å². The molecule has 0 aromatic rings. The van der Waals surface area contributed by atoms with Gasteiger partial charge in [0, 0.05) is 5.92 Å². The summed E-state index contributed by atoms with van der Waals surface area (Å²) in [4.78, 5) is 11.8. The van der Waals surface area contributed by atoms with Crippen LogP contribution in [0.3, 0.4) is 0 Å². The number of aliphatic hydroxyl groups excluding tert-OH is 1. The van der Waals surface area contributed by atoms with E-state index in [1.165, 1.54) is 0 Å². The van der Waals surface area contributed by atoms with Crippen molar-refractivity contribution in [1.29, 1.82) is 0 Å². The van der Waals surface area contributed by atoms with Crippen molar-refractivity contribution in [1.82, 2.24) is 5.32 Å². The van der Waals surface area contributed by atoms with Gasteiger partial charge in [0.1, 0.15) is 18.3 Å². The van der Waals surface area contributed by atoms with E-state index in [-0.39, 0.29) is 30.1 Å². The van der Waals surface area contributed by atoms with Crippen LogP contribution in [-0.4, -0.2) is 48.6 Å². The quantitative estimate of drug-likeness (QED) is 0.663. The van der Waals surface area contributed by atoms with Crippen molar-refractivity contribution < 1.29 is 19.4 Å². The molecule has 16 heavy (non-hydrogen) atoms. The number of hydrogen-bond acceptors (Lipinski definition) is 4. The third kappa shape index (κ3) is 1.63. The Morgan fingerprint density at radius 2 is 1.94 bits per heavy atom. The van der Waals surface area contributed by atoms with Crippen LogP contribution in [0.4, 0.5) is 0 Å². The summed E-state index contributed by atoms with van der Waals surface area (Å²) in [5.41, 5.74) is 0. The summed E-state index contributed by atoms with van der Waals surface area (Å²) in [5.74, 6) is 0.302. The Labute approximate surface area is 94.1 Å². The average Bonchev–Trinajstić information content (AvgIpc) is 2.69. The number of amides is 1. The van der Waals surface area contributed by atoms with Crippen LogP contribution in [0.25, 0.3) is 0 Å². The molecule has 0 unspecified atom stereocenters. The van der Waals surface area contributed by atoms with E-state index < -0.39 is 6.10 Å². The molecule has 0 spiro atoms. The molecule has 1 saturated carbocycles. The highest BCUT2D eigenvalue weighted by atomic mass is 16.6. The molecule has 1 amide bonds. The molecule has 2 heterocycles. The Hall–Kier alpha value is -0.650. The van der Waals surface area contributed by atoms with Gasteiger partial charge in [-0.25, -0.2) is 0 Å². The molecule has 3 aliphatic rings. The maximum atomic E-state index is 11.8. The summed E-state index contributed by atoms with van der Waals surface area (Å²) in [7, 11) is 0. The third-order valence-electron chi connectivity index (χ3n) is 3.83. The highest BCUT2D eigenvalue weighted by Gasteiger charge is 2.48. The molecule has 0 radical (unpaired) electrons. The minimum Gasteiger partial charge on any atom is -0.388 e. The Morgan fingerprint density at radius 3 is 2.62 bits per heavy atom. The van der Waals surface area contributed by atoms with Gasteiger partial charge in [-0.2, -0.15) is 0 Å². The summed E-state index contributed by atoms with van der Waals surface area (Å²) >= 11 is 0. The van der Waals surface area contributed by atoms with Gasteiger partial charge in [-0.1, -0.05) is 6.42 Å². The molecular formula is C11H17NO4. The van der Waals surface area contributed by atoms with Crippen LogP contribution in [0, 0.1) is 5.92 Å². The van der Waals surface area contributed by atoms with Gasteiger partial charge in [-0.05, 0) is 12.8 Å². The van der Waals surface area contributed by atoms with E-state index in [1.807, 2.05) is 0 Å². The Kier molecular flexibility index (Phi) is 2.61. The van der Waals surface area contributed by atoms with Crippen LogP contribution in [-0.2, 0) is 14.3 Å². The Balaban J connectivity index is 1.57. The van der Waals surface area contributed by atoms with E-state index in [1.54, 1.807) is 0 Å². The van der Waals surface area contributed by atoms with E-state index in [0.29, 0.717) is 13.2 Å². The lowest BCUT2D eigenvalue weighted by molar-refractivity contribution is -0.128. The zero-order valence-corrected chi connectivity index (χ0v) is 9.09. The van der Waals surface area contributed by atoms with E-state index >= 15 is 0 Å². The molecule has 2 aliphatic heterocycles. The van der Waals surface area contributed by atoms with Crippen molar-refractivity contribution >= 4 is 5.91 Å². The number of ether oxygens (including phenoxy) is 2. The van der Waals surface area contributed by atoms with Gasteiger partial charge in [-0.15, -0.1) is 0 Å². The number of rotatable bonds is 2. The van der Waals surface area contributed by atoms with Gasteiger partial charge in [0.2, 0.25) is 5.91 Å². The van der Waals surface area contributed by atoms with Crippen molar-refractivity contribution in [3.8, 4) is 0 Å². The normalized spacial score (nSPS) is 42.8. The molecule has 5 nitrogen and oxygen atoms in total. The lowest BCUT2D eigenvalue weighted by Crippen LogP contribution is -2.47. The molecule has 2 N–H and O–H groups in total. The zero-order chi connectivity index (χ0) is 11.1. The fraction of sp³-hybridized carbons (Fsp3) is 0.909. The maximum absolute atomic E-state index is 11.8. The van der Waals surface area contributed by atoms with Gasteiger partial charge < -0.3 is 19.9 Å². The van der Waals surface area contributed by atoms with Gasteiger partial charge in [0.05, 0.1) is 19.3 Å². The largest absolute Gasteiger partial charge is 0.388 e. The Morgan fingerprint density at radius 1 is 1.19 bits per heavy atom. The Bertz CT molecular complexity index is 292. The van der Waals surface area contributed by atoms with E-state index in [4.69, 9.17) is 9.47 Å². The van der Waals surface area contributed by atoms with Crippen LogP contribution in [0.5, 0.6) is 0 Å². The maximum Gasteiger partial charge on any atom is 0.223 e. The molecule has 4 atom stereocenters. The molecule has 3 rings (SSSR count). The summed E-state index contributed by atoms with van der Waals surface area (Å²) in [5, 5.41) is 12.5. The molecule has 0 aromatic heterocycles. The monoisotopic (exact) mass is 227 g/mol. The fourth-order valence-corrected chi connectivity index (χ4v) is 2.57. The predicted molar refractivity (Wildman–Crippen MR) is 54.8 cm³/mol. The average molecular weight is 227 g/mol. The first-order valence-electron chi connectivity index (χ1n) is 5.97. The van der Waals surface area contributed by atoms with Gasteiger partial charge >= 0.3 is 0 Å². The van der Waals surface area contributed by atoms with Gasteiger partial charge in [-0.3, -0.25) is 4.79 Å². The van der Waals surface area contributed by atoms with Crippen LogP contribution in [0.1, 0.15) is 19.3 Å². The summed E-state index contributed by atoms with van der Waals surface area (Å²) in [6, 6.07) is -0.0877. The van der Waals surface area contributed by atoms with Crippen LogP contribution in [0.2, 0.25) is 0 Å². The predicted octanol–water partition coefficient (Wildman–Crippen LogP) is -0.570. The molecule has 3 fully saturated rings. The lowest BCUT2D eigenvalue weighted by atomic mass is 9.84. The molecule has 0 aromatic carbocycles. The summed E-state index contributed by atoms with van der Waals surface area (Å²) in [6.45, 7) is 0.760. The second-order valence-electron chi connectivity index (χ2n) is 4.91. The molecule has 2 saturated heterocycles. The van der Waals surface area contributed by atoms with Crippen molar-refractivity contribution in [2.45, 2.75) is 43.6 Å². The topological polar surface area (TPSA) is 67.8 Å². The summed E-state index contributed by atoms with van der Waals surface area (Å²) in [6.07, 6.45) is 2.18. The minimum absolute atomic E-state index is 0.0877. The number of carbonyl (C=O) groups is 1. The number of nitrogens with one attached hydrogen (secondary N) is 1. The smallest absolute Gasteiger partial charge is 0.223 e. The van der Waals surface area contributed by atoms with E-state index in [9.17, 15) is 9.90 Å². The fourth-order valence-electron chi connectivity index (χ4n) is 2.57. The van der Waals surface area contributed by atoms with E-state index in [2.05, 4.69) is 5.32 Å². The first-order valence-corrected chi connectivity index (χ1v) is 5.97. The number of hydrogen-bond donors (Lipinski definition) is 2. The summed E-state index contributed by atoms with van der Waals surface area (Å²) < 4.78 is 10.9. The van der Waals surface area contributed by atoms with Crippen LogP contribution < -0.4 is 5.32 Å². The second-order valence-corrected chi connectivity index (χ2v) is 4.91. The van der Waals surface area contributed by atoms with Crippen molar-refractivity contribution in [3.05, 3.63) is 0 Å². The van der Waals surface area contributed by atoms with Crippen LogP contribution >= 0.6 is 0 Å². The molecule has 1 aliphatic carbocycles. The van der Waals surface area contributed by atoms with Gasteiger partial charge in [0.15, 0.2) is 0 Å². The zero-order valence-electron chi connectivity index (χ0n) is 9.09. The highest BCUT2D eigenvalue weighted by molar-refractivity contribution is 5.79. The minimum atomic E-state index is -0.546. The standard InChI is InChI=1S/C11H17NO4/c13-8-5-16-9-7(4-15-10(8)9)12-11(14)6-2-1-3-6/h6-10,13H,1-5H2,(H,12,14)/t7-,8+,9+,10+/m0/s1. The highest BCUT2D eigenvalue weighted by Crippen LogP contribution is 2.29. The molecule has 0 bridgehead atoms. The molecule has 5 heteroatoms.